The zero-order valence-corrected chi connectivity index (χ0v) is 19.7. The Bertz CT molecular complexity index is 836. The van der Waals surface area contributed by atoms with Crippen molar-refractivity contribution >= 4 is 17.8 Å². The molecule has 2 heterocycles. The maximum Gasteiger partial charge on any atom is 0.328 e. The van der Waals surface area contributed by atoms with E-state index in [0.29, 0.717) is 26.1 Å². The number of amides is 2. The number of esters is 1. The third-order valence-electron chi connectivity index (χ3n) is 5.96. The van der Waals surface area contributed by atoms with Gasteiger partial charge in [0.15, 0.2) is 0 Å². The summed E-state index contributed by atoms with van der Waals surface area (Å²) in [4.78, 5) is 43.8. The van der Waals surface area contributed by atoms with E-state index in [0.717, 1.165) is 37.2 Å². The van der Waals surface area contributed by atoms with Gasteiger partial charge in [0.2, 0.25) is 11.8 Å². The summed E-state index contributed by atoms with van der Waals surface area (Å²) in [5, 5.41) is 3.00. The first kappa shape index (κ1) is 24.2. The number of hydrogen-bond donors (Lipinski definition) is 1. The lowest BCUT2D eigenvalue weighted by Gasteiger charge is -2.36. The molecule has 0 aromatic heterocycles. The molecule has 1 atom stereocenters. The van der Waals surface area contributed by atoms with Gasteiger partial charge in [-0.15, -0.1) is 0 Å². The van der Waals surface area contributed by atoms with Gasteiger partial charge in [0.05, 0.1) is 20.2 Å². The van der Waals surface area contributed by atoms with Gasteiger partial charge in [-0.3, -0.25) is 19.4 Å². The zero-order chi connectivity index (χ0) is 23.3. The van der Waals surface area contributed by atoms with E-state index in [9.17, 15) is 14.4 Å². The van der Waals surface area contributed by atoms with Crippen LogP contribution in [0.1, 0.15) is 38.3 Å². The van der Waals surface area contributed by atoms with E-state index in [1.54, 1.807) is 4.90 Å². The Kier molecular flexibility index (Phi) is 7.90. The molecule has 0 unspecified atom stereocenters. The molecule has 8 nitrogen and oxygen atoms in total. The molecule has 32 heavy (non-hydrogen) atoms. The van der Waals surface area contributed by atoms with Gasteiger partial charge in [0.25, 0.3) is 0 Å². The Hall–Kier alpha value is -2.45. The van der Waals surface area contributed by atoms with Crippen molar-refractivity contribution in [1.29, 1.82) is 0 Å². The van der Waals surface area contributed by atoms with E-state index in [1.807, 2.05) is 45.0 Å². The first-order valence-corrected chi connectivity index (χ1v) is 11.4. The molecule has 8 heteroatoms. The molecule has 2 aliphatic rings. The number of carbonyl (C=O) groups is 3. The second-order valence-corrected chi connectivity index (χ2v) is 9.74. The fourth-order valence-corrected chi connectivity index (χ4v) is 4.42. The lowest BCUT2D eigenvalue weighted by atomic mass is 9.94. The largest absolute Gasteiger partial charge is 0.467 e. The van der Waals surface area contributed by atoms with Gasteiger partial charge in [-0.25, -0.2) is 4.79 Å². The number of benzene rings is 1. The van der Waals surface area contributed by atoms with Crippen molar-refractivity contribution in [2.75, 3.05) is 46.4 Å². The van der Waals surface area contributed by atoms with Crippen molar-refractivity contribution in [2.45, 2.75) is 51.7 Å². The molecule has 2 aliphatic heterocycles. The van der Waals surface area contributed by atoms with Crippen LogP contribution in [-0.2, 0) is 32.1 Å². The van der Waals surface area contributed by atoms with E-state index >= 15 is 0 Å². The molecular weight excluding hydrogens is 408 g/mol. The van der Waals surface area contributed by atoms with Crippen LogP contribution in [0.4, 0.5) is 0 Å². The number of fused-ring (bicyclic) bond motifs is 1. The normalized spacial score (nSPS) is 20.2. The summed E-state index contributed by atoms with van der Waals surface area (Å²) in [7, 11) is 1.37. The van der Waals surface area contributed by atoms with Crippen LogP contribution in [0.15, 0.2) is 24.3 Å². The van der Waals surface area contributed by atoms with Crippen LogP contribution in [0.25, 0.3) is 0 Å². The van der Waals surface area contributed by atoms with E-state index in [4.69, 9.17) is 4.74 Å². The van der Waals surface area contributed by atoms with E-state index < -0.39 is 6.04 Å². The SMILES string of the molecule is COC(=O)[C@H]1Cc2ccccc2CN1C(=O)CN1CCCN(CC(=O)NC(C)(C)C)CC1. The average Bonchev–Trinajstić information content (AvgIpc) is 2.95. The monoisotopic (exact) mass is 444 g/mol. The van der Waals surface area contributed by atoms with E-state index in [2.05, 4.69) is 15.1 Å². The minimum absolute atomic E-state index is 0.0231. The number of carbonyl (C=O) groups excluding carboxylic acids is 3. The Morgan fingerprint density at radius 2 is 1.62 bits per heavy atom. The highest BCUT2D eigenvalue weighted by Crippen LogP contribution is 2.24. The molecule has 0 saturated carbocycles. The Balaban J connectivity index is 1.58. The zero-order valence-electron chi connectivity index (χ0n) is 19.7. The Morgan fingerprint density at radius 1 is 1.00 bits per heavy atom. The van der Waals surface area contributed by atoms with Crippen molar-refractivity contribution in [1.82, 2.24) is 20.0 Å². The summed E-state index contributed by atoms with van der Waals surface area (Å²) < 4.78 is 4.99. The number of hydrogen-bond acceptors (Lipinski definition) is 6. The predicted octanol–water partition coefficient (Wildman–Crippen LogP) is 1.04. The van der Waals surface area contributed by atoms with Gasteiger partial charge in [-0.05, 0) is 51.4 Å². The topological polar surface area (TPSA) is 82.2 Å². The van der Waals surface area contributed by atoms with Gasteiger partial charge in [-0.2, -0.15) is 0 Å². The van der Waals surface area contributed by atoms with Crippen LogP contribution < -0.4 is 5.32 Å². The summed E-state index contributed by atoms with van der Waals surface area (Å²) in [5.74, 6) is -0.413. The van der Waals surface area contributed by atoms with Crippen LogP contribution in [0.2, 0.25) is 0 Å². The molecular formula is C24H36N4O4. The first-order valence-electron chi connectivity index (χ1n) is 11.4. The molecule has 0 spiro atoms. The van der Waals surface area contributed by atoms with Gasteiger partial charge in [-0.1, -0.05) is 24.3 Å². The minimum Gasteiger partial charge on any atom is -0.467 e. The molecule has 1 N–H and O–H groups in total. The van der Waals surface area contributed by atoms with Crippen LogP contribution in [0.3, 0.4) is 0 Å². The van der Waals surface area contributed by atoms with Crippen LogP contribution in [0.5, 0.6) is 0 Å². The van der Waals surface area contributed by atoms with Crippen LogP contribution >= 0.6 is 0 Å². The van der Waals surface area contributed by atoms with Crippen LogP contribution in [0, 0.1) is 0 Å². The van der Waals surface area contributed by atoms with Crippen molar-refractivity contribution < 1.29 is 19.1 Å². The molecule has 0 radical (unpaired) electrons. The Labute approximate surface area is 190 Å². The fourth-order valence-electron chi connectivity index (χ4n) is 4.42. The van der Waals surface area contributed by atoms with Crippen molar-refractivity contribution in [3.63, 3.8) is 0 Å². The molecule has 1 aromatic carbocycles. The molecule has 2 amide bonds. The smallest absolute Gasteiger partial charge is 0.328 e. The maximum absolute atomic E-state index is 13.2. The number of methoxy groups -OCH3 is 1. The van der Waals surface area contributed by atoms with Gasteiger partial charge < -0.3 is 15.0 Å². The number of rotatable bonds is 5. The summed E-state index contributed by atoms with van der Waals surface area (Å²) in [6.45, 7) is 10.0. The third kappa shape index (κ3) is 6.53. The molecule has 176 valence electrons. The highest BCUT2D eigenvalue weighted by molar-refractivity contribution is 5.86. The predicted molar refractivity (Wildman–Crippen MR) is 122 cm³/mol. The first-order chi connectivity index (χ1) is 15.2. The summed E-state index contributed by atoms with van der Waals surface area (Å²) in [6.07, 6.45) is 1.37. The third-order valence-corrected chi connectivity index (χ3v) is 5.96. The van der Waals surface area contributed by atoms with Gasteiger partial charge >= 0.3 is 5.97 Å². The molecule has 1 aromatic rings. The molecule has 1 fully saturated rings. The fraction of sp³-hybridized carbons (Fsp3) is 0.625. The van der Waals surface area contributed by atoms with E-state index in [1.165, 1.54) is 7.11 Å². The summed E-state index contributed by atoms with van der Waals surface area (Å²) in [6, 6.07) is 7.34. The standard InChI is InChI=1S/C24H36N4O4/c1-24(2,3)25-21(29)16-26-10-7-11-27(13-12-26)17-22(30)28-15-19-9-6-5-8-18(19)14-20(28)23(31)32-4/h5-6,8-9,20H,7,10-17H2,1-4H3,(H,25,29)/t20-/m1/s1. The van der Waals surface area contributed by atoms with Crippen LogP contribution in [-0.4, -0.2) is 90.4 Å². The highest BCUT2D eigenvalue weighted by atomic mass is 16.5. The molecule has 0 aliphatic carbocycles. The highest BCUT2D eigenvalue weighted by Gasteiger charge is 2.35. The minimum atomic E-state index is -0.591. The number of nitrogens with one attached hydrogen (secondary N) is 1. The second kappa shape index (κ2) is 10.4. The van der Waals surface area contributed by atoms with Crippen molar-refractivity contribution in [3.05, 3.63) is 35.4 Å². The van der Waals surface area contributed by atoms with Gasteiger partial charge in [0.1, 0.15) is 6.04 Å². The lowest BCUT2D eigenvalue weighted by Crippen LogP contribution is -2.52. The molecule has 3 rings (SSSR count). The Morgan fingerprint density at radius 3 is 2.25 bits per heavy atom. The average molecular weight is 445 g/mol. The summed E-state index contributed by atoms with van der Waals surface area (Å²) in [5.41, 5.74) is 1.92. The lowest BCUT2D eigenvalue weighted by molar-refractivity contribution is -0.154. The van der Waals surface area contributed by atoms with Crippen molar-refractivity contribution in [2.24, 2.45) is 0 Å². The number of nitrogens with zero attached hydrogens (tertiary/aromatic N) is 3. The summed E-state index contributed by atoms with van der Waals surface area (Å²) >= 11 is 0. The van der Waals surface area contributed by atoms with Gasteiger partial charge in [0, 0.05) is 31.6 Å². The second-order valence-electron chi connectivity index (χ2n) is 9.74. The molecule has 0 bridgehead atoms. The maximum atomic E-state index is 13.2. The van der Waals surface area contributed by atoms with E-state index in [-0.39, 0.29) is 29.9 Å². The quantitative estimate of drug-likeness (QED) is 0.684. The number of ether oxygens (including phenoxy) is 1. The molecule has 1 saturated heterocycles. The van der Waals surface area contributed by atoms with Crippen molar-refractivity contribution in [3.8, 4) is 0 Å².